The van der Waals surface area contributed by atoms with E-state index >= 15 is 0 Å². The molecule has 0 unspecified atom stereocenters. The normalized spacial score (nSPS) is 10.6. The number of anilines is 1. The first-order valence-electron chi connectivity index (χ1n) is 4.35. The standard InChI is InChI=1S/C10H9FN2O2/c1-13(2)10-12-8-5-6(11)3-4-7(8)9(14)15-10/h3-5H,1-2H3. The zero-order valence-corrected chi connectivity index (χ0v) is 8.32. The summed E-state index contributed by atoms with van der Waals surface area (Å²) >= 11 is 0. The second kappa shape index (κ2) is 3.34. The third-order valence-electron chi connectivity index (χ3n) is 1.96. The Morgan fingerprint density at radius 1 is 1.40 bits per heavy atom. The van der Waals surface area contributed by atoms with Crippen LogP contribution in [-0.4, -0.2) is 19.1 Å². The van der Waals surface area contributed by atoms with Gasteiger partial charge < -0.3 is 9.32 Å². The molecule has 5 heteroatoms. The summed E-state index contributed by atoms with van der Waals surface area (Å²) in [5.74, 6) is -0.426. The summed E-state index contributed by atoms with van der Waals surface area (Å²) in [5.41, 5.74) is -0.210. The molecule has 0 fully saturated rings. The van der Waals surface area contributed by atoms with Crippen molar-refractivity contribution in [1.29, 1.82) is 0 Å². The second-order valence-electron chi connectivity index (χ2n) is 3.34. The van der Waals surface area contributed by atoms with Crippen molar-refractivity contribution in [2.24, 2.45) is 0 Å². The summed E-state index contributed by atoms with van der Waals surface area (Å²) in [6.45, 7) is 0. The lowest BCUT2D eigenvalue weighted by Crippen LogP contribution is -2.14. The van der Waals surface area contributed by atoms with Crippen LogP contribution in [0, 0.1) is 5.82 Å². The van der Waals surface area contributed by atoms with Gasteiger partial charge in [-0.2, -0.15) is 4.98 Å². The maximum absolute atomic E-state index is 12.9. The summed E-state index contributed by atoms with van der Waals surface area (Å²) in [4.78, 5) is 17.0. The molecule has 0 atom stereocenters. The molecule has 1 aromatic heterocycles. The molecule has 0 aliphatic rings. The maximum atomic E-state index is 12.9. The fourth-order valence-corrected chi connectivity index (χ4v) is 1.22. The smallest absolute Gasteiger partial charge is 0.348 e. The molecule has 0 saturated heterocycles. The van der Waals surface area contributed by atoms with E-state index in [4.69, 9.17) is 4.42 Å². The van der Waals surface area contributed by atoms with Crippen LogP contribution >= 0.6 is 0 Å². The lowest BCUT2D eigenvalue weighted by molar-refractivity contribution is 0.502. The average Bonchev–Trinajstić information content (AvgIpc) is 2.16. The number of halogens is 1. The van der Waals surface area contributed by atoms with E-state index < -0.39 is 11.4 Å². The van der Waals surface area contributed by atoms with Gasteiger partial charge >= 0.3 is 5.63 Å². The van der Waals surface area contributed by atoms with Gasteiger partial charge in [-0.15, -0.1) is 0 Å². The van der Waals surface area contributed by atoms with Gasteiger partial charge in [0.05, 0.1) is 10.9 Å². The van der Waals surface area contributed by atoms with Gasteiger partial charge in [0.1, 0.15) is 5.82 Å². The number of fused-ring (bicyclic) bond motifs is 1. The van der Waals surface area contributed by atoms with Gasteiger partial charge in [-0.05, 0) is 12.1 Å². The van der Waals surface area contributed by atoms with Gasteiger partial charge in [-0.3, -0.25) is 0 Å². The van der Waals surface area contributed by atoms with Crippen LogP contribution in [0.5, 0.6) is 0 Å². The van der Waals surface area contributed by atoms with E-state index in [1.54, 1.807) is 19.0 Å². The molecule has 0 bridgehead atoms. The predicted molar refractivity (Wildman–Crippen MR) is 54.6 cm³/mol. The highest BCUT2D eigenvalue weighted by Crippen LogP contribution is 2.13. The molecule has 1 heterocycles. The highest BCUT2D eigenvalue weighted by molar-refractivity contribution is 5.77. The number of hydrogen-bond acceptors (Lipinski definition) is 4. The van der Waals surface area contributed by atoms with Crippen molar-refractivity contribution in [1.82, 2.24) is 4.98 Å². The minimum Gasteiger partial charge on any atom is -0.389 e. The Kier molecular flexibility index (Phi) is 2.15. The van der Waals surface area contributed by atoms with E-state index in [-0.39, 0.29) is 11.4 Å². The Balaban J connectivity index is 2.80. The van der Waals surface area contributed by atoms with E-state index in [0.29, 0.717) is 5.52 Å². The highest BCUT2D eigenvalue weighted by atomic mass is 19.1. The minimum atomic E-state index is -0.510. The van der Waals surface area contributed by atoms with E-state index in [1.807, 2.05) is 0 Å². The molecular weight excluding hydrogens is 199 g/mol. The fourth-order valence-electron chi connectivity index (χ4n) is 1.22. The lowest BCUT2D eigenvalue weighted by atomic mass is 10.2. The van der Waals surface area contributed by atoms with Crippen molar-refractivity contribution in [3.63, 3.8) is 0 Å². The van der Waals surface area contributed by atoms with Crippen LogP contribution in [-0.2, 0) is 0 Å². The largest absolute Gasteiger partial charge is 0.389 e. The van der Waals surface area contributed by atoms with E-state index in [2.05, 4.69) is 4.98 Å². The molecule has 0 radical (unpaired) electrons. The zero-order chi connectivity index (χ0) is 11.0. The molecule has 0 saturated carbocycles. The van der Waals surface area contributed by atoms with Crippen molar-refractivity contribution in [3.8, 4) is 0 Å². The Hall–Kier alpha value is -1.91. The third-order valence-corrected chi connectivity index (χ3v) is 1.96. The summed E-state index contributed by atoms with van der Waals surface area (Å²) in [6.07, 6.45) is 0. The van der Waals surface area contributed by atoms with Gasteiger partial charge in [-0.1, -0.05) is 0 Å². The van der Waals surface area contributed by atoms with Crippen molar-refractivity contribution in [2.45, 2.75) is 0 Å². The van der Waals surface area contributed by atoms with E-state index in [0.717, 1.165) is 0 Å². The highest BCUT2D eigenvalue weighted by Gasteiger charge is 2.07. The number of rotatable bonds is 1. The Labute approximate surface area is 85.0 Å². The minimum absolute atomic E-state index is 0.165. The fraction of sp³-hybridized carbons (Fsp3) is 0.200. The molecule has 0 spiro atoms. The van der Waals surface area contributed by atoms with Crippen molar-refractivity contribution in [2.75, 3.05) is 19.0 Å². The number of benzene rings is 1. The first kappa shape index (κ1) is 9.64. The van der Waals surface area contributed by atoms with Crippen LogP contribution in [0.15, 0.2) is 27.4 Å². The molecule has 2 rings (SSSR count). The molecule has 0 aliphatic carbocycles. The molecule has 4 nitrogen and oxygen atoms in total. The molecular formula is C10H9FN2O2. The Bertz CT molecular complexity index is 563. The van der Waals surface area contributed by atoms with Crippen molar-refractivity contribution < 1.29 is 8.81 Å². The molecule has 0 aliphatic heterocycles. The van der Waals surface area contributed by atoms with Crippen LogP contribution in [0.2, 0.25) is 0 Å². The molecule has 1 aromatic carbocycles. The Morgan fingerprint density at radius 3 is 2.80 bits per heavy atom. The van der Waals surface area contributed by atoms with Gasteiger partial charge in [0, 0.05) is 20.2 Å². The first-order chi connectivity index (χ1) is 7.08. The second-order valence-corrected chi connectivity index (χ2v) is 3.34. The SMILES string of the molecule is CN(C)c1nc2cc(F)ccc2c(=O)o1. The van der Waals surface area contributed by atoms with Gasteiger partial charge in [0.25, 0.3) is 6.01 Å². The average molecular weight is 208 g/mol. The van der Waals surface area contributed by atoms with Crippen LogP contribution in [0.1, 0.15) is 0 Å². The molecule has 78 valence electrons. The van der Waals surface area contributed by atoms with Crippen LogP contribution in [0.4, 0.5) is 10.4 Å². The van der Waals surface area contributed by atoms with Crippen LogP contribution in [0.3, 0.4) is 0 Å². The number of nitrogens with zero attached hydrogens (tertiary/aromatic N) is 2. The van der Waals surface area contributed by atoms with Crippen LogP contribution < -0.4 is 10.5 Å². The monoisotopic (exact) mass is 208 g/mol. The third kappa shape index (κ3) is 1.68. The zero-order valence-electron chi connectivity index (χ0n) is 8.32. The maximum Gasteiger partial charge on any atom is 0.348 e. The predicted octanol–water partition coefficient (Wildman–Crippen LogP) is 1.39. The summed E-state index contributed by atoms with van der Waals surface area (Å²) in [6, 6.07) is 3.94. The summed E-state index contributed by atoms with van der Waals surface area (Å²) in [7, 11) is 3.38. The Morgan fingerprint density at radius 2 is 2.13 bits per heavy atom. The van der Waals surface area contributed by atoms with Gasteiger partial charge in [0.15, 0.2) is 0 Å². The van der Waals surface area contributed by atoms with Gasteiger partial charge in [-0.25, -0.2) is 9.18 Å². The van der Waals surface area contributed by atoms with Crippen LogP contribution in [0.25, 0.3) is 10.9 Å². The number of aromatic nitrogens is 1. The summed E-state index contributed by atoms with van der Waals surface area (Å²) in [5, 5.41) is 0.280. The number of hydrogen-bond donors (Lipinski definition) is 0. The van der Waals surface area contributed by atoms with E-state index in [9.17, 15) is 9.18 Å². The van der Waals surface area contributed by atoms with Gasteiger partial charge in [0.2, 0.25) is 0 Å². The topological polar surface area (TPSA) is 46.3 Å². The lowest BCUT2D eigenvalue weighted by Gasteiger charge is -2.08. The molecule has 0 amide bonds. The van der Waals surface area contributed by atoms with Crippen molar-refractivity contribution >= 4 is 16.9 Å². The quantitative estimate of drug-likeness (QED) is 0.710. The molecule has 0 N–H and O–H groups in total. The summed E-state index contributed by atoms with van der Waals surface area (Å²) < 4.78 is 17.8. The van der Waals surface area contributed by atoms with Crippen molar-refractivity contribution in [3.05, 3.63) is 34.4 Å². The molecule has 15 heavy (non-hydrogen) atoms. The van der Waals surface area contributed by atoms with E-state index in [1.165, 1.54) is 18.2 Å². The molecule has 2 aromatic rings. The first-order valence-corrected chi connectivity index (χ1v) is 4.35.